The molecular weight excluding hydrogens is 350 g/mol. The van der Waals surface area contributed by atoms with Crippen LogP contribution < -0.4 is 10.1 Å². The number of amides is 1. The van der Waals surface area contributed by atoms with E-state index in [2.05, 4.69) is 53.5 Å². The molecule has 3 rings (SSSR count). The van der Waals surface area contributed by atoms with Gasteiger partial charge in [-0.2, -0.15) is 0 Å². The lowest BCUT2D eigenvalue weighted by Crippen LogP contribution is -2.25. The first-order chi connectivity index (χ1) is 13.5. The Bertz CT molecular complexity index is 1000. The quantitative estimate of drug-likeness (QED) is 0.470. The van der Waals surface area contributed by atoms with Gasteiger partial charge in [-0.3, -0.25) is 4.79 Å². The van der Waals surface area contributed by atoms with E-state index in [4.69, 9.17) is 4.74 Å². The molecule has 5 heteroatoms. The molecule has 1 heterocycles. The van der Waals surface area contributed by atoms with Crippen molar-refractivity contribution in [2.75, 3.05) is 6.61 Å². The Morgan fingerprint density at radius 1 is 1.18 bits per heavy atom. The van der Waals surface area contributed by atoms with Crippen molar-refractivity contribution in [2.24, 2.45) is 0 Å². The lowest BCUT2D eigenvalue weighted by molar-refractivity contribution is -0.117. The summed E-state index contributed by atoms with van der Waals surface area (Å²) in [6.07, 6.45) is 0.842. The number of hydrogen-bond donors (Lipinski definition) is 1. The van der Waals surface area contributed by atoms with Gasteiger partial charge in [-0.05, 0) is 62.6 Å². The zero-order chi connectivity index (χ0) is 20.1. The smallest absolute Gasteiger partial charge is 0.246 e. The minimum absolute atomic E-state index is 0.156. The molecule has 0 radical (unpaired) electrons. The number of benzene rings is 2. The van der Waals surface area contributed by atoms with E-state index in [1.165, 1.54) is 11.1 Å². The fourth-order valence-electron chi connectivity index (χ4n) is 3.04. The summed E-state index contributed by atoms with van der Waals surface area (Å²) in [5.74, 6) is 1.58. The van der Waals surface area contributed by atoms with Crippen molar-refractivity contribution in [3.05, 3.63) is 71.6 Å². The highest BCUT2D eigenvalue weighted by atomic mass is 16.5. The van der Waals surface area contributed by atoms with Crippen LogP contribution in [0.3, 0.4) is 0 Å². The van der Waals surface area contributed by atoms with Crippen LogP contribution in [0.5, 0.6) is 5.75 Å². The standard InChI is InChI=1S/C23H27N3O2/c1-16(2)23(27)24-15-22-25-20-8-5-6-9-21(20)26(22)12-7-13-28-19-11-10-17(3)18(4)14-19/h5-6,8-11,14H,1,7,12-13,15H2,2-4H3,(H,24,27). The van der Waals surface area contributed by atoms with Crippen LogP contribution in [0, 0.1) is 13.8 Å². The van der Waals surface area contributed by atoms with Crippen LogP contribution in [0.2, 0.25) is 0 Å². The SMILES string of the molecule is C=C(C)C(=O)NCc1nc2ccccc2n1CCCOc1ccc(C)c(C)c1. The minimum atomic E-state index is -0.156. The van der Waals surface area contributed by atoms with E-state index in [0.29, 0.717) is 18.7 Å². The van der Waals surface area contributed by atoms with Gasteiger partial charge in [-0.15, -0.1) is 0 Å². The highest BCUT2D eigenvalue weighted by Gasteiger charge is 2.11. The van der Waals surface area contributed by atoms with Crippen LogP contribution in [0.15, 0.2) is 54.6 Å². The Hall–Kier alpha value is -3.08. The summed E-state index contributed by atoms with van der Waals surface area (Å²) in [5.41, 5.74) is 4.97. The van der Waals surface area contributed by atoms with Crippen LogP contribution >= 0.6 is 0 Å². The van der Waals surface area contributed by atoms with Crippen LogP contribution in [-0.4, -0.2) is 22.1 Å². The minimum Gasteiger partial charge on any atom is -0.494 e. The van der Waals surface area contributed by atoms with Crippen molar-refractivity contribution in [3.8, 4) is 5.75 Å². The fourth-order valence-corrected chi connectivity index (χ4v) is 3.04. The van der Waals surface area contributed by atoms with Crippen molar-refractivity contribution < 1.29 is 9.53 Å². The zero-order valence-electron chi connectivity index (χ0n) is 16.8. The molecular formula is C23H27N3O2. The first-order valence-electron chi connectivity index (χ1n) is 9.53. The molecule has 0 unspecified atom stereocenters. The van der Waals surface area contributed by atoms with Gasteiger partial charge in [-0.25, -0.2) is 4.98 Å². The normalized spacial score (nSPS) is 10.8. The number of carbonyl (C=O) groups excluding carboxylic acids is 1. The summed E-state index contributed by atoms with van der Waals surface area (Å²) in [6, 6.07) is 14.2. The molecule has 3 aromatic rings. The molecule has 146 valence electrons. The van der Waals surface area contributed by atoms with Gasteiger partial charge < -0.3 is 14.6 Å². The second-order valence-corrected chi connectivity index (χ2v) is 7.08. The molecule has 2 aromatic carbocycles. The van der Waals surface area contributed by atoms with Gasteiger partial charge in [0, 0.05) is 12.1 Å². The van der Waals surface area contributed by atoms with E-state index in [1.807, 2.05) is 24.3 Å². The van der Waals surface area contributed by atoms with Gasteiger partial charge in [0.1, 0.15) is 11.6 Å². The fraction of sp³-hybridized carbons (Fsp3) is 0.304. The van der Waals surface area contributed by atoms with E-state index in [-0.39, 0.29) is 5.91 Å². The van der Waals surface area contributed by atoms with Gasteiger partial charge in [0.05, 0.1) is 24.2 Å². The first-order valence-corrected chi connectivity index (χ1v) is 9.53. The lowest BCUT2D eigenvalue weighted by Gasteiger charge is -2.12. The largest absolute Gasteiger partial charge is 0.494 e. The van der Waals surface area contributed by atoms with Gasteiger partial charge >= 0.3 is 0 Å². The number of nitrogens with one attached hydrogen (secondary N) is 1. The van der Waals surface area contributed by atoms with Crippen LogP contribution in [0.25, 0.3) is 11.0 Å². The molecule has 0 saturated carbocycles. The Labute approximate surface area is 166 Å². The lowest BCUT2D eigenvalue weighted by atomic mass is 10.1. The topological polar surface area (TPSA) is 56.2 Å². The maximum Gasteiger partial charge on any atom is 0.246 e. The maximum absolute atomic E-state index is 11.8. The third-order valence-corrected chi connectivity index (χ3v) is 4.80. The molecule has 0 saturated heterocycles. The third kappa shape index (κ3) is 4.60. The summed E-state index contributed by atoms with van der Waals surface area (Å²) in [6.45, 7) is 11.3. The maximum atomic E-state index is 11.8. The molecule has 0 aliphatic heterocycles. The van der Waals surface area contributed by atoms with E-state index in [9.17, 15) is 4.79 Å². The number of fused-ring (bicyclic) bond motifs is 1. The number of aromatic nitrogens is 2. The van der Waals surface area contributed by atoms with Crippen molar-refractivity contribution in [1.29, 1.82) is 0 Å². The van der Waals surface area contributed by atoms with E-state index in [1.54, 1.807) is 6.92 Å². The summed E-state index contributed by atoms with van der Waals surface area (Å²) >= 11 is 0. The Balaban J connectivity index is 1.66. The molecule has 5 nitrogen and oxygen atoms in total. The van der Waals surface area contributed by atoms with Crippen LogP contribution in [-0.2, 0) is 17.9 Å². The summed E-state index contributed by atoms with van der Waals surface area (Å²) < 4.78 is 8.06. The molecule has 28 heavy (non-hydrogen) atoms. The van der Waals surface area contributed by atoms with Crippen molar-refractivity contribution in [3.63, 3.8) is 0 Å². The molecule has 0 bridgehead atoms. The summed E-state index contributed by atoms with van der Waals surface area (Å²) in [4.78, 5) is 16.5. The number of imidazole rings is 1. The van der Waals surface area contributed by atoms with E-state index in [0.717, 1.165) is 35.6 Å². The van der Waals surface area contributed by atoms with Crippen LogP contribution in [0.1, 0.15) is 30.3 Å². The zero-order valence-corrected chi connectivity index (χ0v) is 16.8. The van der Waals surface area contributed by atoms with Crippen LogP contribution in [0.4, 0.5) is 0 Å². The Morgan fingerprint density at radius 3 is 2.71 bits per heavy atom. The van der Waals surface area contributed by atoms with Crippen molar-refractivity contribution in [2.45, 2.75) is 40.3 Å². The number of para-hydroxylation sites is 2. The highest BCUT2D eigenvalue weighted by Crippen LogP contribution is 2.18. The first kappa shape index (κ1) is 19.7. The van der Waals surface area contributed by atoms with Crippen molar-refractivity contribution >= 4 is 16.9 Å². The van der Waals surface area contributed by atoms with Gasteiger partial charge in [0.2, 0.25) is 5.91 Å². The molecule has 1 amide bonds. The molecule has 0 fully saturated rings. The molecule has 0 atom stereocenters. The molecule has 1 aromatic heterocycles. The average molecular weight is 377 g/mol. The molecule has 1 N–H and O–H groups in total. The molecule has 0 aliphatic rings. The van der Waals surface area contributed by atoms with Gasteiger partial charge in [-0.1, -0.05) is 24.8 Å². The second kappa shape index (κ2) is 8.74. The summed E-state index contributed by atoms with van der Waals surface area (Å²) in [7, 11) is 0. The van der Waals surface area contributed by atoms with Gasteiger partial charge in [0.15, 0.2) is 0 Å². The van der Waals surface area contributed by atoms with Gasteiger partial charge in [0.25, 0.3) is 0 Å². The summed E-state index contributed by atoms with van der Waals surface area (Å²) in [5, 5.41) is 2.87. The number of hydrogen-bond acceptors (Lipinski definition) is 3. The number of nitrogens with zero attached hydrogens (tertiary/aromatic N) is 2. The molecule has 0 spiro atoms. The number of aryl methyl sites for hydroxylation is 3. The number of carbonyl (C=O) groups is 1. The molecule has 0 aliphatic carbocycles. The predicted octanol–water partition coefficient (Wildman–Crippen LogP) is 4.31. The number of ether oxygens (including phenoxy) is 1. The van der Waals surface area contributed by atoms with E-state index < -0.39 is 0 Å². The highest BCUT2D eigenvalue weighted by molar-refractivity contribution is 5.92. The Morgan fingerprint density at radius 2 is 1.96 bits per heavy atom. The third-order valence-electron chi connectivity index (χ3n) is 4.80. The average Bonchev–Trinajstić information content (AvgIpc) is 3.03. The van der Waals surface area contributed by atoms with E-state index >= 15 is 0 Å². The Kier molecular flexibility index (Phi) is 6.14. The predicted molar refractivity (Wildman–Crippen MR) is 112 cm³/mol. The van der Waals surface area contributed by atoms with Crippen molar-refractivity contribution in [1.82, 2.24) is 14.9 Å². The monoisotopic (exact) mass is 377 g/mol. The second-order valence-electron chi connectivity index (χ2n) is 7.08. The number of rotatable bonds is 8.